The normalized spacial score (nSPS) is 17.4. The summed E-state index contributed by atoms with van der Waals surface area (Å²) in [7, 11) is 16.8. The fraction of sp³-hybridized carbons (Fsp3) is 0.159. The Bertz CT molecular complexity index is 2200. The van der Waals surface area contributed by atoms with Crippen molar-refractivity contribution in [2.24, 2.45) is 0 Å². The summed E-state index contributed by atoms with van der Waals surface area (Å²) in [6.07, 6.45) is 6.67. The van der Waals surface area contributed by atoms with Gasteiger partial charge in [0.05, 0.1) is 0 Å². The van der Waals surface area contributed by atoms with Crippen LogP contribution < -0.4 is 0 Å². The van der Waals surface area contributed by atoms with Crippen molar-refractivity contribution in [1.82, 2.24) is 0 Å². The number of hydrogen-bond donors (Lipinski definition) is 0. The van der Waals surface area contributed by atoms with E-state index in [1.807, 2.05) is 0 Å². The summed E-state index contributed by atoms with van der Waals surface area (Å²) in [4.78, 5) is 0. The SMILES string of the molecule is C[CH]=[Zr]([Cl])([Cl])([CH]1C(CC)=Cc2c(-c3cccc4ccccc34)cccc21)[CH]1C(CC)=Cc2c(-c3cccc4ccccc34)cccc21. The molecule has 0 nitrogen and oxygen atoms in total. The maximum atomic E-state index is 8.42. The molecule has 0 fully saturated rings. The van der Waals surface area contributed by atoms with Gasteiger partial charge < -0.3 is 0 Å². The van der Waals surface area contributed by atoms with Gasteiger partial charge in [-0.2, -0.15) is 0 Å². The molecule has 0 aliphatic heterocycles. The number of hydrogen-bond acceptors (Lipinski definition) is 0. The van der Waals surface area contributed by atoms with Crippen LogP contribution >= 0.6 is 17.0 Å². The number of benzene rings is 6. The molecular weight excluding hydrogens is 691 g/mol. The maximum absolute atomic E-state index is 8.42. The molecule has 0 N–H and O–H groups in total. The monoisotopic (exact) mass is 726 g/mol. The Morgan fingerprint density at radius 3 is 1.32 bits per heavy atom. The average Bonchev–Trinajstić information content (AvgIpc) is 3.71. The van der Waals surface area contributed by atoms with Gasteiger partial charge in [0.1, 0.15) is 0 Å². The molecule has 3 heteroatoms. The van der Waals surface area contributed by atoms with E-state index in [4.69, 9.17) is 17.0 Å². The van der Waals surface area contributed by atoms with Crippen molar-refractivity contribution in [3.63, 3.8) is 0 Å². The van der Waals surface area contributed by atoms with Crippen LogP contribution in [0.2, 0.25) is 0 Å². The van der Waals surface area contributed by atoms with Gasteiger partial charge in [0, 0.05) is 0 Å². The second-order valence-corrected chi connectivity index (χ2v) is 34.6. The fourth-order valence-electron chi connectivity index (χ4n) is 8.73. The molecule has 6 aromatic carbocycles. The average molecular weight is 729 g/mol. The topological polar surface area (TPSA) is 0 Å². The molecule has 0 saturated heterocycles. The number of halogens is 2. The van der Waals surface area contributed by atoms with E-state index in [2.05, 4.69) is 158 Å². The van der Waals surface area contributed by atoms with Gasteiger partial charge in [-0.05, 0) is 0 Å². The molecule has 2 aliphatic rings. The van der Waals surface area contributed by atoms with Crippen molar-refractivity contribution in [3.05, 3.63) is 155 Å². The third-order valence-electron chi connectivity index (χ3n) is 10.9. The van der Waals surface area contributed by atoms with Gasteiger partial charge in [0.25, 0.3) is 0 Å². The van der Waals surface area contributed by atoms with Crippen molar-refractivity contribution >= 4 is 54.4 Å². The first kappa shape index (κ1) is 31.0. The molecule has 6 aromatic rings. The molecule has 0 bridgehead atoms. The summed E-state index contributed by atoms with van der Waals surface area (Å²) in [5, 5.41) is 5.04. The van der Waals surface area contributed by atoms with Crippen LogP contribution in [-0.4, -0.2) is 3.71 Å². The molecule has 47 heavy (non-hydrogen) atoms. The summed E-state index contributed by atoms with van der Waals surface area (Å²) >= 11 is -4.97. The Balaban J connectivity index is 1.34. The number of rotatable bonds is 6. The van der Waals surface area contributed by atoms with Gasteiger partial charge in [-0.15, -0.1) is 0 Å². The molecule has 232 valence electrons. The fourth-order valence-corrected chi connectivity index (χ4v) is 26.3. The van der Waals surface area contributed by atoms with Crippen LogP contribution in [0.15, 0.2) is 132 Å². The van der Waals surface area contributed by atoms with E-state index in [1.54, 1.807) is 0 Å². The molecule has 2 atom stereocenters. The zero-order chi connectivity index (χ0) is 32.4. The molecule has 2 unspecified atom stereocenters. The number of allylic oxidation sites excluding steroid dienone is 2. The molecule has 0 heterocycles. The second kappa shape index (κ2) is 11.7. The van der Waals surface area contributed by atoms with Crippen molar-refractivity contribution in [2.45, 2.75) is 40.9 Å². The Morgan fingerprint density at radius 1 is 0.511 bits per heavy atom. The third kappa shape index (κ3) is 4.69. The first-order chi connectivity index (χ1) is 22.9. The van der Waals surface area contributed by atoms with E-state index >= 15 is 0 Å². The van der Waals surface area contributed by atoms with Crippen molar-refractivity contribution < 1.29 is 15.9 Å². The zero-order valence-corrected chi connectivity index (χ0v) is 31.1. The van der Waals surface area contributed by atoms with Gasteiger partial charge in [0.15, 0.2) is 0 Å². The zero-order valence-electron chi connectivity index (χ0n) is 27.1. The van der Waals surface area contributed by atoms with Gasteiger partial charge in [-0.1, -0.05) is 0 Å². The van der Waals surface area contributed by atoms with Crippen LogP contribution in [0, 0.1) is 0 Å². The Labute approximate surface area is 286 Å². The van der Waals surface area contributed by atoms with Gasteiger partial charge in [-0.25, -0.2) is 0 Å². The molecule has 0 amide bonds. The van der Waals surface area contributed by atoms with Crippen molar-refractivity contribution in [2.75, 3.05) is 0 Å². The molecule has 0 spiro atoms. The van der Waals surface area contributed by atoms with Crippen LogP contribution in [0.3, 0.4) is 0 Å². The first-order valence-electron chi connectivity index (χ1n) is 16.9. The molecule has 0 saturated carbocycles. The van der Waals surface area contributed by atoms with Crippen LogP contribution in [0.4, 0.5) is 0 Å². The Morgan fingerprint density at radius 2 is 0.894 bits per heavy atom. The predicted octanol–water partition coefficient (Wildman–Crippen LogP) is 13.5. The number of fused-ring (bicyclic) bond motifs is 4. The van der Waals surface area contributed by atoms with Crippen LogP contribution in [0.5, 0.6) is 0 Å². The third-order valence-corrected chi connectivity index (χ3v) is 30.2. The standard InChI is InChI=1S/2C21H17.C2H4.2ClH.Zr/c2*1-2-15-13-17-9-6-12-20(21(17)14-15)19-11-5-8-16-7-3-4-10-18(16)19;1-2;;;/h2*3-14H,2H2,1H3;1H,2H3;2*1H;/q;;;;;+2/p-2. The molecule has 0 radical (unpaired) electrons. The van der Waals surface area contributed by atoms with Gasteiger partial charge in [-0.3, -0.25) is 0 Å². The van der Waals surface area contributed by atoms with Crippen LogP contribution in [0.1, 0.15) is 63.1 Å². The quantitative estimate of drug-likeness (QED) is 0.160. The second-order valence-electron chi connectivity index (χ2n) is 13.2. The van der Waals surface area contributed by atoms with Crippen molar-refractivity contribution in [1.29, 1.82) is 0 Å². The van der Waals surface area contributed by atoms with Crippen molar-refractivity contribution in [3.8, 4) is 22.3 Å². The summed E-state index contributed by atoms with van der Waals surface area (Å²) < 4.78 is 2.28. The Hall–Kier alpha value is -3.35. The minimum absolute atomic E-state index is 0.00758. The van der Waals surface area contributed by atoms with Crippen LogP contribution in [0.25, 0.3) is 56.0 Å². The van der Waals surface area contributed by atoms with Gasteiger partial charge >= 0.3 is 288 Å². The molecule has 2 aliphatic carbocycles. The molecular formula is C44H38Cl2Zr. The minimum atomic E-state index is -4.97. The summed E-state index contributed by atoms with van der Waals surface area (Å²) in [6.45, 7) is 6.67. The summed E-state index contributed by atoms with van der Waals surface area (Å²) in [6, 6.07) is 44.2. The Kier molecular flexibility index (Phi) is 7.68. The molecule has 8 rings (SSSR count). The first-order valence-corrected chi connectivity index (χ1v) is 27.5. The predicted molar refractivity (Wildman–Crippen MR) is 204 cm³/mol. The van der Waals surface area contributed by atoms with E-state index in [0.29, 0.717) is 0 Å². The van der Waals surface area contributed by atoms with Gasteiger partial charge in [0.2, 0.25) is 0 Å². The van der Waals surface area contributed by atoms with E-state index in [9.17, 15) is 0 Å². The molecule has 0 aromatic heterocycles. The summed E-state index contributed by atoms with van der Waals surface area (Å²) in [5.41, 5.74) is 12.9. The summed E-state index contributed by atoms with van der Waals surface area (Å²) in [5.74, 6) is 0. The van der Waals surface area contributed by atoms with E-state index in [-0.39, 0.29) is 7.25 Å². The van der Waals surface area contributed by atoms with E-state index in [1.165, 1.54) is 77.2 Å². The van der Waals surface area contributed by atoms with E-state index in [0.717, 1.165) is 12.8 Å². The van der Waals surface area contributed by atoms with E-state index < -0.39 is 15.9 Å². The van der Waals surface area contributed by atoms with Crippen LogP contribution in [-0.2, 0) is 15.9 Å².